The van der Waals surface area contributed by atoms with Crippen molar-refractivity contribution in [2.24, 2.45) is 0 Å². The third kappa shape index (κ3) is 3.82. The first-order valence-electron chi connectivity index (χ1n) is 8.63. The van der Waals surface area contributed by atoms with Gasteiger partial charge in [0.15, 0.2) is 0 Å². The van der Waals surface area contributed by atoms with Crippen molar-refractivity contribution in [3.63, 3.8) is 0 Å². The molecule has 2 aromatic rings. The van der Waals surface area contributed by atoms with E-state index in [1.54, 1.807) is 22.9 Å². The molecule has 1 aromatic heterocycles. The largest absolute Gasteiger partial charge is 0.492 e. The van der Waals surface area contributed by atoms with Crippen LogP contribution in [0.4, 0.5) is 0 Å². The summed E-state index contributed by atoms with van der Waals surface area (Å²) in [4.78, 5) is 12.6. The molecule has 9 heteroatoms. The van der Waals surface area contributed by atoms with Crippen LogP contribution < -0.4 is 15.4 Å². The zero-order chi connectivity index (χ0) is 17.9. The van der Waals surface area contributed by atoms with Crippen molar-refractivity contribution in [3.05, 3.63) is 40.7 Å². The molecule has 0 aliphatic carbocycles. The second kappa shape index (κ2) is 7.61. The van der Waals surface area contributed by atoms with Crippen LogP contribution in [0.15, 0.2) is 24.4 Å². The number of halogens is 1. The Morgan fingerprint density at radius 2 is 2.23 bits per heavy atom. The predicted molar refractivity (Wildman–Crippen MR) is 94.3 cm³/mol. The number of hydrogen-bond donors (Lipinski definition) is 2. The Hall–Kier alpha value is -2.16. The molecule has 2 aliphatic rings. The van der Waals surface area contributed by atoms with Crippen molar-refractivity contribution in [1.29, 1.82) is 0 Å². The molecule has 0 spiro atoms. The van der Waals surface area contributed by atoms with Crippen LogP contribution in [0.5, 0.6) is 5.75 Å². The highest BCUT2D eigenvalue weighted by Crippen LogP contribution is 2.26. The minimum atomic E-state index is -0.174. The third-order valence-electron chi connectivity index (χ3n) is 4.49. The highest BCUT2D eigenvalue weighted by Gasteiger charge is 2.30. The molecule has 1 fully saturated rings. The van der Waals surface area contributed by atoms with E-state index in [0.29, 0.717) is 49.2 Å². The van der Waals surface area contributed by atoms with E-state index in [1.807, 2.05) is 6.20 Å². The van der Waals surface area contributed by atoms with Crippen molar-refractivity contribution in [3.8, 4) is 5.75 Å². The fourth-order valence-electron chi connectivity index (χ4n) is 3.10. The number of fused-ring (bicyclic) bond motifs is 5. The van der Waals surface area contributed by atoms with E-state index >= 15 is 0 Å². The summed E-state index contributed by atoms with van der Waals surface area (Å²) in [5.41, 5.74) is 1.28. The van der Waals surface area contributed by atoms with Gasteiger partial charge in [-0.25, -0.2) is 0 Å². The fraction of sp³-hybridized carbons (Fsp3) is 0.471. The normalized spacial score (nSPS) is 23.8. The van der Waals surface area contributed by atoms with E-state index < -0.39 is 0 Å². The molecular formula is C17H20ClN5O3. The van der Waals surface area contributed by atoms with Gasteiger partial charge >= 0.3 is 0 Å². The average Bonchev–Trinajstić information content (AvgIpc) is 3.26. The van der Waals surface area contributed by atoms with Crippen LogP contribution in [-0.4, -0.2) is 52.7 Å². The van der Waals surface area contributed by atoms with Gasteiger partial charge in [0, 0.05) is 31.6 Å². The Balaban J connectivity index is 1.58. The summed E-state index contributed by atoms with van der Waals surface area (Å²) in [7, 11) is 0. The second-order valence-electron chi connectivity index (χ2n) is 6.41. The lowest BCUT2D eigenvalue weighted by Gasteiger charge is -2.20. The summed E-state index contributed by atoms with van der Waals surface area (Å²) in [5, 5.41) is 15.0. The maximum atomic E-state index is 12.6. The first kappa shape index (κ1) is 17.3. The molecule has 2 aliphatic heterocycles. The van der Waals surface area contributed by atoms with E-state index in [1.165, 1.54) is 0 Å². The Bertz CT molecular complexity index is 796. The number of carbonyl (C=O) groups excluding carboxylic acids is 1. The number of hydrogen-bond acceptors (Lipinski definition) is 6. The number of nitrogens with zero attached hydrogens (tertiary/aromatic N) is 3. The number of aryl methyl sites for hydroxylation is 1. The molecule has 4 bridgehead atoms. The van der Waals surface area contributed by atoms with Gasteiger partial charge in [0.05, 0.1) is 36.6 Å². The Morgan fingerprint density at radius 3 is 3.15 bits per heavy atom. The summed E-state index contributed by atoms with van der Waals surface area (Å²) in [6.07, 6.45) is 2.49. The van der Waals surface area contributed by atoms with Gasteiger partial charge in [-0.1, -0.05) is 16.8 Å². The molecule has 1 amide bonds. The van der Waals surface area contributed by atoms with Gasteiger partial charge in [-0.05, 0) is 18.2 Å². The van der Waals surface area contributed by atoms with Crippen molar-refractivity contribution in [2.75, 3.05) is 19.7 Å². The SMILES string of the molecule is O=C1N[C@H]2CNC[C@@H]2OCc2cn(nn2)CCCOc2cc1ccc2Cl. The van der Waals surface area contributed by atoms with Crippen molar-refractivity contribution < 1.29 is 14.3 Å². The Kier molecular flexibility index (Phi) is 5.05. The van der Waals surface area contributed by atoms with Crippen LogP contribution in [0, 0.1) is 0 Å². The lowest BCUT2D eigenvalue weighted by atomic mass is 10.1. The highest BCUT2D eigenvalue weighted by atomic mass is 35.5. The van der Waals surface area contributed by atoms with E-state index in [2.05, 4.69) is 20.9 Å². The van der Waals surface area contributed by atoms with Crippen LogP contribution >= 0.6 is 11.6 Å². The summed E-state index contributed by atoms with van der Waals surface area (Å²) >= 11 is 6.19. The standard InChI is InChI=1S/C17H20ClN5O3/c18-13-3-2-11-6-15(13)25-5-1-4-23-9-12(21-22-23)10-26-16-8-19-7-14(16)20-17(11)24/h2-3,6,9,14,16,19H,1,4-5,7-8,10H2,(H,20,24)/t14-,16-/m0/s1. The van der Waals surface area contributed by atoms with E-state index in [-0.39, 0.29) is 18.1 Å². The van der Waals surface area contributed by atoms with E-state index in [0.717, 1.165) is 12.1 Å². The zero-order valence-corrected chi connectivity index (χ0v) is 14.9. The van der Waals surface area contributed by atoms with Crippen LogP contribution in [0.3, 0.4) is 0 Å². The summed E-state index contributed by atoms with van der Waals surface area (Å²) in [6.45, 7) is 2.83. The topological polar surface area (TPSA) is 90.3 Å². The molecule has 4 rings (SSSR count). The van der Waals surface area contributed by atoms with E-state index in [4.69, 9.17) is 21.1 Å². The van der Waals surface area contributed by atoms with Crippen LogP contribution in [0.25, 0.3) is 0 Å². The van der Waals surface area contributed by atoms with Crippen LogP contribution in [-0.2, 0) is 17.9 Å². The monoisotopic (exact) mass is 377 g/mol. The molecule has 1 saturated heterocycles. The third-order valence-corrected chi connectivity index (χ3v) is 4.80. The number of carbonyl (C=O) groups is 1. The van der Waals surface area contributed by atoms with Gasteiger partial charge in [-0.3, -0.25) is 9.48 Å². The number of amides is 1. The predicted octanol–water partition coefficient (Wildman–Crippen LogP) is 1.00. The molecule has 0 radical (unpaired) electrons. The number of aromatic nitrogens is 3. The summed E-state index contributed by atoms with van der Waals surface area (Å²) < 4.78 is 13.5. The molecule has 26 heavy (non-hydrogen) atoms. The zero-order valence-electron chi connectivity index (χ0n) is 14.2. The minimum absolute atomic E-state index is 0.120. The lowest BCUT2D eigenvalue weighted by Crippen LogP contribution is -2.43. The van der Waals surface area contributed by atoms with Gasteiger partial charge in [0.1, 0.15) is 11.4 Å². The molecule has 0 saturated carbocycles. The minimum Gasteiger partial charge on any atom is -0.492 e. The molecular weight excluding hydrogens is 358 g/mol. The van der Waals surface area contributed by atoms with Gasteiger partial charge in [-0.2, -0.15) is 0 Å². The second-order valence-corrected chi connectivity index (χ2v) is 6.82. The fourth-order valence-corrected chi connectivity index (χ4v) is 3.27. The van der Waals surface area contributed by atoms with Crippen LogP contribution in [0.2, 0.25) is 5.02 Å². The number of rotatable bonds is 0. The van der Waals surface area contributed by atoms with Crippen molar-refractivity contribution in [1.82, 2.24) is 25.6 Å². The molecule has 2 N–H and O–H groups in total. The molecule has 1 aromatic carbocycles. The lowest BCUT2D eigenvalue weighted by molar-refractivity contribution is 0.0341. The summed E-state index contributed by atoms with van der Waals surface area (Å²) in [6, 6.07) is 4.93. The van der Waals surface area contributed by atoms with E-state index in [9.17, 15) is 4.79 Å². The molecule has 8 nitrogen and oxygen atoms in total. The van der Waals surface area contributed by atoms with Gasteiger partial charge in [0.2, 0.25) is 0 Å². The number of ether oxygens (including phenoxy) is 2. The van der Waals surface area contributed by atoms with Gasteiger partial charge in [0.25, 0.3) is 5.91 Å². The summed E-state index contributed by atoms with van der Waals surface area (Å²) in [5.74, 6) is 0.329. The maximum absolute atomic E-state index is 12.6. The van der Waals surface area contributed by atoms with Crippen molar-refractivity contribution >= 4 is 17.5 Å². The first-order chi connectivity index (χ1) is 12.7. The van der Waals surface area contributed by atoms with Gasteiger partial charge in [-0.15, -0.1) is 5.10 Å². The molecule has 2 atom stereocenters. The Morgan fingerprint density at radius 1 is 1.31 bits per heavy atom. The quantitative estimate of drug-likeness (QED) is 0.712. The Labute approximate surface area is 155 Å². The molecule has 138 valence electrons. The number of nitrogens with one attached hydrogen (secondary N) is 2. The molecule has 0 unspecified atom stereocenters. The average molecular weight is 378 g/mol. The van der Waals surface area contributed by atoms with Crippen LogP contribution in [0.1, 0.15) is 22.5 Å². The van der Waals surface area contributed by atoms with Crippen molar-refractivity contribution in [2.45, 2.75) is 31.7 Å². The molecule has 3 heterocycles. The van der Waals surface area contributed by atoms with Gasteiger partial charge < -0.3 is 20.1 Å². The first-order valence-corrected chi connectivity index (χ1v) is 9.01. The smallest absolute Gasteiger partial charge is 0.251 e. The number of benzene rings is 1. The maximum Gasteiger partial charge on any atom is 0.251 e. The highest BCUT2D eigenvalue weighted by molar-refractivity contribution is 6.32.